The Bertz CT molecular complexity index is 442. The molecule has 2 rings (SSSR count). The van der Waals surface area contributed by atoms with Crippen molar-refractivity contribution in [1.82, 2.24) is 0 Å². The van der Waals surface area contributed by atoms with Crippen LogP contribution in [0.2, 0.25) is 5.02 Å². The van der Waals surface area contributed by atoms with Gasteiger partial charge in [0, 0.05) is 28.2 Å². The van der Waals surface area contributed by atoms with Crippen LogP contribution in [0, 0.1) is 0 Å². The molecule has 0 aliphatic carbocycles. The first kappa shape index (κ1) is 10.3. The zero-order chi connectivity index (χ0) is 10.7. The predicted molar refractivity (Wildman–Crippen MR) is 64.8 cm³/mol. The van der Waals surface area contributed by atoms with Crippen LogP contribution in [0.25, 0.3) is 0 Å². The monoisotopic (exact) mass is 239 g/mol. The molecule has 0 aliphatic rings. The molecular weight excluding hydrogens is 230 g/mol. The van der Waals surface area contributed by atoms with E-state index in [1.54, 1.807) is 29.5 Å². The number of halogens is 1. The molecule has 0 saturated carbocycles. The Hall–Kier alpha value is -1.19. The van der Waals surface area contributed by atoms with Crippen LogP contribution in [0.15, 0.2) is 35.0 Å². The van der Waals surface area contributed by atoms with Gasteiger partial charge in [0.2, 0.25) is 0 Å². The van der Waals surface area contributed by atoms with Crippen molar-refractivity contribution in [3.05, 3.63) is 45.6 Å². The summed E-state index contributed by atoms with van der Waals surface area (Å²) >= 11 is 7.47. The van der Waals surface area contributed by atoms with Gasteiger partial charge in [0.25, 0.3) is 0 Å². The number of hydrogen-bond donors (Lipinski definition) is 2. The Morgan fingerprint density at radius 1 is 1.33 bits per heavy atom. The van der Waals surface area contributed by atoms with Crippen LogP contribution in [0.1, 0.15) is 5.56 Å². The van der Waals surface area contributed by atoms with Gasteiger partial charge in [-0.1, -0.05) is 11.6 Å². The lowest BCUT2D eigenvalue weighted by atomic mass is 10.2. The maximum atomic E-state index is 9.57. The molecular formula is C11H10ClNOS. The van der Waals surface area contributed by atoms with Crippen molar-refractivity contribution in [2.24, 2.45) is 0 Å². The highest BCUT2D eigenvalue weighted by molar-refractivity contribution is 7.08. The molecule has 0 radical (unpaired) electrons. The van der Waals surface area contributed by atoms with E-state index < -0.39 is 0 Å². The second kappa shape index (κ2) is 4.55. The van der Waals surface area contributed by atoms with E-state index in [2.05, 4.69) is 5.32 Å². The summed E-state index contributed by atoms with van der Waals surface area (Å²) in [6.45, 7) is 0.573. The highest BCUT2D eigenvalue weighted by atomic mass is 35.5. The van der Waals surface area contributed by atoms with Crippen LogP contribution in [0.3, 0.4) is 0 Å². The molecule has 1 aromatic heterocycles. The minimum atomic E-state index is 0.266. The van der Waals surface area contributed by atoms with Crippen molar-refractivity contribution in [1.29, 1.82) is 0 Å². The average molecular weight is 240 g/mol. The molecule has 0 fully saturated rings. The number of anilines is 1. The zero-order valence-corrected chi connectivity index (χ0v) is 9.48. The van der Waals surface area contributed by atoms with E-state index in [-0.39, 0.29) is 5.75 Å². The average Bonchev–Trinajstić information content (AvgIpc) is 2.72. The highest BCUT2D eigenvalue weighted by Gasteiger charge is 2.01. The molecule has 0 atom stereocenters. The molecule has 0 unspecified atom stereocenters. The Morgan fingerprint density at radius 3 is 2.93 bits per heavy atom. The molecule has 0 aliphatic heterocycles. The first-order valence-corrected chi connectivity index (χ1v) is 5.81. The molecule has 78 valence electrons. The fourth-order valence-corrected chi connectivity index (χ4v) is 2.06. The van der Waals surface area contributed by atoms with Gasteiger partial charge in [-0.15, -0.1) is 0 Å². The van der Waals surface area contributed by atoms with Crippen LogP contribution < -0.4 is 5.32 Å². The third-order valence-corrected chi connectivity index (χ3v) is 2.96. The number of phenolic OH excluding ortho intramolecular Hbond substituents is 1. The fourth-order valence-electron chi connectivity index (χ4n) is 1.26. The number of phenols is 1. The molecule has 0 spiro atoms. The van der Waals surface area contributed by atoms with E-state index in [9.17, 15) is 5.11 Å². The smallest absolute Gasteiger partial charge is 0.120 e. The van der Waals surface area contributed by atoms with Gasteiger partial charge in [0.05, 0.1) is 0 Å². The summed E-state index contributed by atoms with van der Waals surface area (Å²) in [5, 5.41) is 17.4. The van der Waals surface area contributed by atoms with Gasteiger partial charge in [-0.3, -0.25) is 0 Å². The molecule has 0 bridgehead atoms. The standard InChI is InChI=1S/C11H10ClNOS/c12-9-1-2-11(14)8(5-9)6-13-10-3-4-15-7-10/h1-5,7,13-14H,6H2. The summed E-state index contributed by atoms with van der Waals surface area (Å²) in [4.78, 5) is 0. The summed E-state index contributed by atoms with van der Waals surface area (Å²) in [6, 6.07) is 7.03. The number of rotatable bonds is 3. The SMILES string of the molecule is Oc1ccc(Cl)cc1CNc1ccsc1. The minimum absolute atomic E-state index is 0.266. The number of benzene rings is 1. The van der Waals surface area contributed by atoms with Gasteiger partial charge in [-0.25, -0.2) is 0 Å². The minimum Gasteiger partial charge on any atom is -0.508 e. The number of aromatic hydroxyl groups is 1. The lowest BCUT2D eigenvalue weighted by Crippen LogP contribution is -1.98. The van der Waals surface area contributed by atoms with E-state index in [0.717, 1.165) is 11.3 Å². The van der Waals surface area contributed by atoms with Gasteiger partial charge in [0.15, 0.2) is 0 Å². The fraction of sp³-hybridized carbons (Fsp3) is 0.0909. The first-order valence-electron chi connectivity index (χ1n) is 4.49. The van der Waals surface area contributed by atoms with Crippen LogP contribution in [-0.4, -0.2) is 5.11 Å². The maximum Gasteiger partial charge on any atom is 0.120 e. The van der Waals surface area contributed by atoms with Crippen molar-refractivity contribution in [2.75, 3.05) is 5.32 Å². The topological polar surface area (TPSA) is 32.3 Å². The van der Waals surface area contributed by atoms with Crippen LogP contribution in [0.5, 0.6) is 5.75 Å². The molecule has 15 heavy (non-hydrogen) atoms. The summed E-state index contributed by atoms with van der Waals surface area (Å²) < 4.78 is 0. The van der Waals surface area contributed by atoms with E-state index in [1.807, 2.05) is 16.8 Å². The summed E-state index contributed by atoms with van der Waals surface area (Å²) in [6.07, 6.45) is 0. The Morgan fingerprint density at radius 2 is 2.20 bits per heavy atom. The largest absolute Gasteiger partial charge is 0.508 e. The van der Waals surface area contributed by atoms with E-state index in [4.69, 9.17) is 11.6 Å². The van der Waals surface area contributed by atoms with Crippen LogP contribution >= 0.6 is 22.9 Å². The Labute approximate surface area is 97.1 Å². The second-order valence-corrected chi connectivity index (χ2v) is 4.36. The highest BCUT2D eigenvalue weighted by Crippen LogP contribution is 2.22. The molecule has 1 heterocycles. The molecule has 1 aromatic carbocycles. The van der Waals surface area contributed by atoms with Crippen molar-refractivity contribution in [2.45, 2.75) is 6.54 Å². The Kier molecular flexibility index (Phi) is 3.14. The zero-order valence-electron chi connectivity index (χ0n) is 7.90. The number of thiophene rings is 1. The summed E-state index contributed by atoms with van der Waals surface area (Å²) in [7, 11) is 0. The lowest BCUT2D eigenvalue weighted by Gasteiger charge is -2.06. The number of nitrogens with one attached hydrogen (secondary N) is 1. The van der Waals surface area contributed by atoms with Crippen molar-refractivity contribution < 1.29 is 5.11 Å². The predicted octanol–water partition coefficient (Wildman–Crippen LogP) is 3.72. The molecule has 0 saturated heterocycles. The van der Waals surface area contributed by atoms with Gasteiger partial charge in [-0.05, 0) is 29.6 Å². The molecule has 4 heteroatoms. The van der Waals surface area contributed by atoms with Gasteiger partial charge >= 0.3 is 0 Å². The van der Waals surface area contributed by atoms with Crippen LogP contribution in [-0.2, 0) is 6.54 Å². The van der Waals surface area contributed by atoms with Crippen molar-refractivity contribution in [3.8, 4) is 5.75 Å². The summed E-state index contributed by atoms with van der Waals surface area (Å²) in [5.41, 5.74) is 1.85. The van der Waals surface area contributed by atoms with E-state index in [0.29, 0.717) is 11.6 Å². The molecule has 0 amide bonds. The molecule has 2 nitrogen and oxygen atoms in total. The third-order valence-electron chi connectivity index (χ3n) is 2.05. The van der Waals surface area contributed by atoms with Crippen LogP contribution in [0.4, 0.5) is 5.69 Å². The number of hydrogen-bond acceptors (Lipinski definition) is 3. The maximum absolute atomic E-state index is 9.57. The van der Waals surface area contributed by atoms with Gasteiger partial charge < -0.3 is 10.4 Å². The molecule has 2 aromatic rings. The summed E-state index contributed by atoms with van der Waals surface area (Å²) in [5.74, 6) is 0.266. The van der Waals surface area contributed by atoms with E-state index >= 15 is 0 Å². The van der Waals surface area contributed by atoms with Gasteiger partial charge in [-0.2, -0.15) is 11.3 Å². The molecule has 2 N–H and O–H groups in total. The second-order valence-electron chi connectivity index (χ2n) is 3.14. The quantitative estimate of drug-likeness (QED) is 0.856. The van der Waals surface area contributed by atoms with E-state index in [1.165, 1.54) is 0 Å². The normalized spacial score (nSPS) is 10.2. The lowest BCUT2D eigenvalue weighted by molar-refractivity contribution is 0.469. The third kappa shape index (κ3) is 2.64. The van der Waals surface area contributed by atoms with Crippen molar-refractivity contribution >= 4 is 28.6 Å². The first-order chi connectivity index (χ1) is 7.25. The van der Waals surface area contributed by atoms with Crippen molar-refractivity contribution in [3.63, 3.8) is 0 Å². The van der Waals surface area contributed by atoms with Gasteiger partial charge in [0.1, 0.15) is 5.75 Å². The Balaban J connectivity index is 2.07.